The number of para-hydroxylation sites is 1. The Balaban J connectivity index is 1.63. The molecule has 2 heterocycles. The number of nitrogens with one attached hydrogen (secondary N) is 1. The van der Waals surface area contributed by atoms with Crippen molar-refractivity contribution in [2.45, 2.75) is 6.42 Å². The van der Waals surface area contributed by atoms with Gasteiger partial charge in [0.05, 0.1) is 6.54 Å². The van der Waals surface area contributed by atoms with Gasteiger partial charge in [-0.15, -0.1) is 0 Å². The maximum absolute atomic E-state index is 12.5. The lowest BCUT2D eigenvalue weighted by Crippen LogP contribution is -2.31. The molecule has 3 rings (SSSR count). The molecule has 0 spiro atoms. The van der Waals surface area contributed by atoms with Crippen LogP contribution < -0.4 is 0 Å². The van der Waals surface area contributed by atoms with Crippen molar-refractivity contribution < 1.29 is 4.79 Å². The molecule has 4 nitrogen and oxygen atoms in total. The summed E-state index contributed by atoms with van der Waals surface area (Å²) in [5.41, 5.74) is 1.84. The van der Waals surface area contributed by atoms with Crippen LogP contribution in [0.3, 0.4) is 0 Å². The Kier molecular flexibility index (Phi) is 4.08. The van der Waals surface area contributed by atoms with Gasteiger partial charge in [0.15, 0.2) is 5.78 Å². The summed E-state index contributed by atoms with van der Waals surface area (Å²) in [6.45, 7) is 3.81. The first-order valence-corrected chi connectivity index (χ1v) is 7.60. The number of rotatable bonds is 5. The molecule has 4 heteroatoms. The van der Waals surface area contributed by atoms with Gasteiger partial charge in [-0.25, -0.2) is 0 Å². The van der Waals surface area contributed by atoms with Gasteiger partial charge in [-0.1, -0.05) is 18.2 Å². The van der Waals surface area contributed by atoms with Crippen molar-refractivity contribution in [2.24, 2.45) is 5.92 Å². The Bertz CT molecular complexity index is 634. The molecule has 21 heavy (non-hydrogen) atoms. The molecule has 112 valence electrons. The van der Waals surface area contributed by atoms with Gasteiger partial charge in [-0.2, -0.15) is 0 Å². The minimum absolute atomic E-state index is 0.196. The van der Waals surface area contributed by atoms with Crippen LogP contribution in [0.25, 0.3) is 10.9 Å². The van der Waals surface area contributed by atoms with E-state index in [1.54, 1.807) is 0 Å². The predicted octanol–water partition coefficient (Wildman–Crippen LogP) is 2.23. The molecule has 1 aromatic carbocycles. The van der Waals surface area contributed by atoms with E-state index in [0.29, 0.717) is 12.5 Å². The van der Waals surface area contributed by atoms with Crippen molar-refractivity contribution in [2.75, 3.05) is 40.3 Å². The minimum Gasteiger partial charge on any atom is -0.360 e. The average molecular weight is 285 g/mol. The molecule has 1 atom stereocenters. The normalized spacial score (nSPS) is 19.7. The first-order valence-electron chi connectivity index (χ1n) is 7.60. The smallest absolute Gasteiger partial charge is 0.178 e. The van der Waals surface area contributed by atoms with Crippen LogP contribution in [-0.4, -0.2) is 60.8 Å². The summed E-state index contributed by atoms with van der Waals surface area (Å²) in [6, 6.07) is 7.97. The number of H-pyrrole nitrogens is 1. The van der Waals surface area contributed by atoms with E-state index in [-0.39, 0.29) is 5.78 Å². The van der Waals surface area contributed by atoms with Crippen LogP contribution in [0, 0.1) is 5.92 Å². The fourth-order valence-electron chi connectivity index (χ4n) is 3.31. The zero-order valence-corrected chi connectivity index (χ0v) is 12.8. The third kappa shape index (κ3) is 3.17. The van der Waals surface area contributed by atoms with Gasteiger partial charge in [0.2, 0.25) is 0 Å². The zero-order chi connectivity index (χ0) is 14.8. The quantitative estimate of drug-likeness (QED) is 0.856. The summed E-state index contributed by atoms with van der Waals surface area (Å²) in [6.07, 6.45) is 3.08. The number of nitrogens with zero attached hydrogens (tertiary/aromatic N) is 2. The molecule has 1 saturated heterocycles. The maximum atomic E-state index is 12.5. The number of likely N-dealkylation sites (N-methyl/N-ethyl adjacent to an activating group) is 1. The summed E-state index contributed by atoms with van der Waals surface area (Å²) in [5, 5.41) is 1.02. The Hall–Kier alpha value is -1.65. The molecule has 1 unspecified atom stereocenters. The Morgan fingerprint density at radius 3 is 3.00 bits per heavy atom. The molecule has 0 saturated carbocycles. The first-order chi connectivity index (χ1) is 10.1. The van der Waals surface area contributed by atoms with E-state index < -0.39 is 0 Å². The topological polar surface area (TPSA) is 39.3 Å². The van der Waals surface area contributed by atoms with Crippen molar-refractivity contribution in [1.29, 1.82) is 0 Å². The number of aromatic nitrogens is 1. The standard InChI is InChI=1S/C17H23N3O/c1-19-8-7-13(10-19)11-20(2)12-17(21)15-9-18-16-6-4-3-5-14(15)16/h3-6,9,13,18H,7-8,10-12H2,1-2H3. The number of fused-ring (bicyclic) bond motifs is 1. The fraction of sp³-hybridized carbons (Fsp3) is 0.471. The third-order valence-corrected chi connectivity index (χ3v) is 4.36. The summed E-state index contributed by atoms with van der Waals surface area (Å²) in [4.78, 5) is 20.2. The maximum Gasteiger partial charge on any atom is 0.178 e. The number of Topliss-reactive ketones (excluding diaryl/α,β-unsaturated/α-hetero) is 1. The number of aromatic amines is 1. The molecule has 0 aliphatic carbocycles. The van der Waals surface area contributed by atoms with Crippen LogP contribution in [0.1, 0.15) is 16.8 Å². The van der Waals surface area contributed by atoms with Gasteiger partial charge < -0.3 is 9.88 Å². The van der Waals surface area contributed by atoms with Crippen LogP contribution >= 0.6 is 0 Å². The van der Waals surface area contributed by atoms with E-state index in [2.05, 4.69) is 21.8 Å². The number of likely N-dealkylation sites (tertiary alicyclic amines) is 1. The van der Waals surface area contributed by atoms with E-state index in [4.69, 9.17) is 0 Å². The third-order valence-electron chi connectivity index (χ3n) is 4.36. The lowest BCUT2D eigenvalue weighted by Gasteiger charge is -2.20. The number of carbonyl (C=O) groups excluding carboxylic acids is 1. The van der Waals surface area contributed by atoms with Gasteiger partial charge in [-0.3, -0.25) is 9.69 Å². The molecule has 0 radical (unpaired) electrons. The van der Waals surface area contributed by atoms with Crippen LogP contribution in [0.15, 0.2) is 30.5 Å². The molecule has 0 amide bonds. The largest absolute Gasteiger partial charge is 0.360 e. The van der Waals surface area contributed by atoms with Crippen LogP contribution in [0.2, 0.25) is 0 Å². The van der Waals surface area contributed by atoms with Crippen molar-refractivity contribution in [1.82, 2.24) is 14.8 Å². The van der Waals surface area contributed by atoms with E-state index in [9.17, 15) is 4.79 Å². The lowest BCUT2D eigenvalue weighted by atomic mass is 10.1. The number of carbonyl (C=O) groups is 1. The van der Waals surface area contributed by atoms with Gasteiger partial charge in [-0.05, 0) is 39.0 Å². The number of hydrogen-bond acceptors (Lipinski definition) is 3. The lowest BCUT2D eigenvalue weighted by molar-refractivity contribution is 0.0940. The number of ketones is 1. The molecular formula is C17H23N3O. The zero-order valence-electron chi connectivity index (χ0n) is 12.8. The van der Waals surface area contributed by atoms with E-state index >= 15 is 0 Å². The van der Waals surface area contributed by atoms with Crippen molar-refractivity contribution in [3.8, 4) is 0 Å². The van der Waals surface area contributed by atoms with Crippen molar-refractivity contribution in [3.63, 3.8) is 0 Å². The molecule has 1 aromatic heterocycles. The highest BCUT2D eigenvalue weighted by atomic mass is 16.1. The second-order valence-electron chi connectivity index (χ2n) is 6.28. The van der Waals surface area contributed by atoms with E-state index in [1.165, 1.54) is 13.0 Å². The fourth-order valence-corrected chi connectivity index (χ4v) is 3.31. The Labute approximate surface area is 125 Å². The average Bonchev–Trinajstić information content (AvgIpc) is 3.04. The van der Waals surface area contributed by atoms with Crippen LogP contribution in [-0.2, 0) is 0 Å². The van der Waals surface area contributed by atoms with Crippen LogP contribution in [0.5, 0.6) is 0 Å². The molecule has 2 aromatic rings. The highest BCUT2D eigenvalue weighted by Gasteiger charge is 2.22. The summed E-state index contributed by atoms with van der Waals surface area (Å²) in [7, 11) is 4.21. The Morgan fingerprint density at radius 1 is 1.43 bits per heavy atom. The molecule has 1 aliphatic rings. The molecule has 1 aliphatic heterocycles. The van der Waals surface area contributed by atoms with E-state index in [1.807, 2.05) is 37.5 Å². The Morgan fingerprint density at radius 2 is 2.24 bits per heavy atom. The van der Waals surface area contributed by atoms with Gasteiger partial charge in [0, 0.05) is 35.8 Å². The van der Waals surface area contributed by atoms with Gasteiger partial charge in [0.1, 0.15) is 0 Å². The summed E-state index contributed by atoms with van der Waals surface area (Å²) >= 11 is 0. The van der Waals surface area contributed by atoms with Gasteiger partial charge in [0.25, 0.3) is 0 Å². The van der Waals surface area contributed by atoms with Crippen molar-refractivity contribution >= 4 is 16.7 Å². The van der Waals surface area contributed by atoms with E-state index in [0.717, 1.165) is 29.6 Å². The highest BCUT2D eigenvalue weighted by molar-refractivity contribution is 6.08. The second-order valence-corrected chi connectivity index (χ2v) is 6.28. The monoisotopic (exact) mass is 285 g/mol. The summed E-state index contributed by atoms with van der Waals surface area (Å²) in [5.74, 6) is 0.886. The number of benzene rings is 1. The second kappa shape index (κ2) is 6.00. The number of hydrogen-bond donors (Lipinski definition) is 1. The molecule has 1 fully saturated rings. The van der Waals surface area contributed by atoms with Crippen LogP contribution in [0.4, 0.5) is 0 Å². The predicted molar refractivity (Wildman–Crippen MR) is 85.7 cm³/mol. The SMILES string of the molecule is CN1CCC(CN(C)CC(=O)c2c[nH]c3ccccc23)C1. The highest BCUT2D eigenvalue weighted by Crippen LogP contribution is 2.19. The first kappa shape index (κ1) is 14.3. The summed E-state index contributed by atoms with van der Waals surface area (Å²) < 4.78 is 0. The van der Waals surface area contributed by atoms with Crippen molar-refractivity contribution in [3.05, 3.63) is 36.0 Å². The molecule has 0 bridgehead atoms. The molecule has 1 N–H and O–H groups in total. The van der Waals surface area contributed by atoms with Gasteiger partial charge >= 0.3 is 0 Å². The minimum atomic E-state index is 0.196. The molecular weight excluding hydrogens is 262 g/mol.